The second-order valence-electron chi connectivity index (χ2n) is 7.05. The second kappa shape index (κ2) is 10.5. The number of thiazole rings is 1. The van der Waals surface area contributed by atoms with Gasteiger partial charge in [0.1, 0.15) is 0 Å². The first kappa shape index (κ1) is 22.8. The van der Waals surface area contributed by atoms with Crippen LogP contribution in [0.1, 0.15) is 11.1 Å². The highest BCUT2D eigenvalue weighted by atomic mass is 79.9. The van der Waals surface area contributed by atoms with Gasteiger partial charge in [-0.15, -0.1) is 11.3 Å². The van der Waals surface area contributed by atoms with E-state index in [4.69, 9.17) is 19.6 Å². The molecule has 6 nitrogen and oxygen atoms in total. The zero-order chi connectivity index (χ0) is 23.2. The predicted molar refractivity (Wildman–Crippen MR) is 135 cm³/mol. The number of phenolic OH excluding ortho intramolecular Hbond substituents is 1. The third kappa shape index (κ3) is 5.35. The third-order valence-corrected chi connectivity index (χ3v) is 6.22. The van der Waals surface area contributed by atoms with Gasteiger partial charge in [0.2, 0.25) is 10.6 Å². The maximum atomic E-state index is 10.2. The number of aromatic hydroxyl groups is 1. The van der Waals surface area contributed by atoms with Crippen LogP contribution in [0.4, 0.5) is 0 Å². The van der Waals surface area contributed by atoms with E-state index >= 15 is 0 Å². The van der Waals surface area contributed by atoms with Crippen LogP contribution in [0, 0.1) is 0 Å². The largest absolute Gasteiger partial charge is 0.502 e. The summed E-state index contributed by atoms with van der Waals surface area (Å²) in [5, 5.41) is 17.0. The maximum absolute atomic E-state index is 10.2. The van der Waals surface area contributed by atoms with Gasteiger partial charge in [-0.25, -0.2) is 4.68 Å². The van der Waals surface area contributed by atoms with Gasteiger partial charge in [0, 0.05) is 21.0 Å². The van der Waals surface area contributed by atoms with Gasteiger partial charge < -0.3 is 14.6 Å². The number of benzene rings is 3. The average molecular weight is 524 g/mol. The Morgan fingerprint density at radius 2 is 1.73 bits per heavy atom. The van der Waals surface area contributed by atoms with Crippen molar-refractivity contribution in [2.75, 3.05) is 14.2 Å². The van der Waals surface area contributed by atoms with E-state index in [0.717, 1.165) is 31.7 Å². The predicted octanol–water partition coefficient (Wildman–Crippen LogP) is 5.69. The molecule has 0 radical (unpaired) electrons. The number of methoxy groups -OCH3 is 2. The van der Waals surface area contributed by atoms with Crippen LogP contribution in [-0.2, 0) is 6.54 Å². The Morgan fingerprint density at radius 1 is 1.00 bits per heavy atom. The zero-order valence-corrected chi connectivity index (χ0v) is 20.5. The molecule has 1 aromatic heterocycles. The SMILES string of the molecule is COc1cc(C=Nn2c(-c3cccc(Br)c3)csc2=NCc2ccccc2)cc(OC)c1O. The average Bonchev–Trinajstić information content (AvgIpc) is 3.25. The molecule has 0 amide bonds. The van der Waals surface area contributed by atoms with Crippen LogP contribution >= 0.6 is 27.3 Å². The van der Waals surface area contributed by atoms with Crippen molar-refractivity contribution in [2.45, 2.75) is 6.54 Å². The lowest BCUT2D eigenvalue weighted by molar-refractivity contribution is 0.340. The summed E-state index contributed by atoms with van der Waals surface area (Å²) in [6.45, 7) is 0.551. The molecule has 3 aromatic carbocycles. The fourth-order valence-electron chi connectivity index (χ4n) is 3.22. The maximum Gasteiger partial charge on any atom is 0.206 e. The van der Waals surface area contributed by atoms with Gasteiger partial charge in [-0.05, 0) is 29.8 Å². The molecule has 0 aliphatic carbocycles. The molecule has 168 valence electrons. The molecule has 0 fully saturated rings. The van der Waals surface area contributed by atoms with Crippen LogP contribution in [0.5, 0.6) is 17.2 Å². The molecule has 4 aromatic rings. The van der Waals surface area contributed by atoms with Gasteiger partial charge in [-0.2, -0.15) is 5.10 Å². The van der Waals surface area contributed by atoms with E-state index in [1.165, 1.54) is 25.6 Å². The Kier molecular flexibility index (Phi) is 7.26. The molecule has 0 bridgehead atoms. The number of ether oxygens (including phenoxy) is 2. The molecule has 4 rings (SSSR count). The Hall–Kier alpha value is -3.36. The highest BCUT2D eigenvalue weighted by molar-refractivity contribution is 9.10. The Morgan fingerprint density at radius 3 is 2.39 bits per heavy atom. The summed E-state index contributed by atoms with van der Waals surface area (Å²) in [5.41, 5.74) is 3.77. The molecule has 0 aliphatic rings. The number of hydrogen-bond acceptors (Lipinski definition) is 6. The number of phenols is 1. The number of aromatic nitrogens is 1. The summed E-state index contributed by atoms with van der Waals surface area (Å²) >= 11 is 5.07. The summed E-state index contributed by atoms with van der Waals surface area (Å²) in [6.07, 6.45) is 1.69. The molecule has 0 saturated heterocycles. The minimum Gasteiger partial charge on any atom is -0.502 e. The van der Waals surface area contributed by atoms with Gasteiger partial charge in [-0.1, -0.05) is 58.4 Å². The summed E-state index contributed by atoms with van der Waals surface area (Å²) in [7, 11) is 2.99. The molecule has 0 saturated carbocycles. The van der Waals surface area contributed by atoms with E-state index in [-0.39, 0.29) is 5.75 Å². The topological polar surface area (TPSA) is 68.3 Å². The van der Waals surface area contributed by atoms with Crippen molar-refractivity contribution in [1.29, 1.82) is 0 Å². The molecule has 33 heavy (non-hydrogen) atoms. The van der Waals surface area contributed by atoms with E-state index < -0.39 is 0 Å². The lowest BCUT2D eigenvalue weighted by Crippen LogP contribution is -2.12. The van der Waals surface area contributed by atoms with Crippen molar-refractivity contribution in [3.8, 4) is 28.5 Å². The minimum atomic E-state index is -0.0475. The fourth-order valence-corrected chi connectivity index (χ4v) is 4.46. The molecular weight excluding hydrogens is 502 g/mol. The monoisotopic (exact) mass is 523 g/mol. The fraction of sp³-hybridized carbons (Fsp3) is 0.120. The number of hydrogen-bond donors (Lipinski definition) is 1. The number of halogens is 1. The van der Waals surface area contributed by atoms with E-state index in [9.17, 15) is 5.11 Å². The van der Waals surface area contributed by atoms with Gasteiger partial charge >= 0.3 is 0 Å². The van der Waals surface area contributed by atoms with E-state index in [1.807, 2.05) is 52.5 Å². The van der Waals surface area contributed by atoms with E-state index in [0.29, 0.717) is 18.0 Å². The molecule has 0 aliphatic heterocycles. The van der Waals surface area contributed by atoms with Crippen molar-refractivity contribution >= 4 is 33.5 Å². The van der Waals surface area contributed by atoms with Crippen LogP contribution in [0.25, 0.3) is 11.3 Å². The molecule has 8 heteroatoms. The quantitative estimate of drug-likeness (QED) is 0.316. The van der Waals surface area contributed by atoms with Gasteiger partial charge in [0.15, 0.2) is 11.5 Å². The van der Waals surface area contributed by atoms with Gasteiger partial charge in [0.25, 0.3) is 0 Å². The van der Waals surface area contributed by atoms with Crippen LogP contribution in [0.3, 0.4) is 0 Å². The number of rotatable bonds is 7. The molecule has 1 heterocycles. The highest BCUT2D eigenvalue weighted by Crippen LogP contribution is 2.36. The Bertz CT molecular complexity index is 1320. The lowest BCUT2D eigenvalue weighted by Gasteiger charge is -2.09. The summed E-state index contributed by atoms with van der Waals surface area (Å²) in [4.78, 5) is 5.57. The smallest absolute Gasteiger partial charge is 0.206 e. The van der Waals surface area contributed by atoms with Crippen molar-refractivity contribution in [3.63, 3.8) is 0 Å². The van der Waals surface area contributed by atoms with Gasteiger partial charge in [-0.3, -0.25) is 4.99 Å². The first-order valence-electron chi connectivity index (χ1n) is 10.1. The summed E-state index contributed by atoms with van der Waals surface area (Å²) in [5.74, 6) is 0.577. The standard InChI is InChI=1S/C25H22BrN3O3S/c1-31-22-11-18(12-23(32-2)24(22)30)15-28-29-21(19-9-6-10-20(26)13-19)16-33-25(29)27-14-17-7-4-3-5-8-17/h3-13,15-16,30H,14H2,1-2H3. The van der Waals surface area contributed by atoms with Crippen molar-refractivity contribution in [1.82, 2.24) is 4.68 Å². The van der Waals surface area contributed by atoms with E-state index in [1.54, 1.807) is 18.3 Å². The van der Waals surface area contributed by atoms with Crippen molar-refractivity contribution < 1.29 is 14.6 Å². The summed E-state index contributed by atoms with van der Waals surface area (Å²) in [6, 6.07) is 21.6. The summed E-state index contributed by atoms with van der Waals surface area (Å²) < 4.78 is 13.3. The molecular formula is C25H22BrN3O3S. The Balaban J connectivity index is 1.79. The van der Waals surface area contributed by atoms with Crippen LogP contribution in [0.15, 0.2) is 86.7 Å². The zero-order valence-electron chi connectivity index (χ0n) is 18.1. The molecule has 0 spiro atoms. The minimum absolute atomic E-state index is 0.0475. The Labute approximate surface area is 204 Å². The van der Waals surface area contributed by atoms with Gasteiger partial charge in [0.05, 0.1) is 32.7 Å². The normalized spacial score (nSPS) is 11.8. The third-order valence-electron chi connectivity index (χ3n) is 4.87. The second-order valence-corrected chi connectivity index (χ2v) is 8.80. The van der Waals surface area contributed by atoms with Crippen LogP contribution in [-0.4, -0.2) is 30.2 Å². The van der Waals surface area contributed by atoms with E-state index in [2.05, 4.69) is 28.1 Å². The number of nitrogens with zero attached hydrogens (tertiary/aromatic N) is 3. The first-order chi connectivity index (χ1) is 16.1. The molecule has 0 atom stereocenters. The van der Waals surface area contributed by atoms with Crippen LogP contribution in [0.2, 0.25) is 0 Å². The molecule has 1 N–H and O–H groups in total. The van der Waals surface area contributed by atoms with Crippen LogP contribution < -0.4 is 14.3 Å². The van der Waals surface area contributed by atoms with Crippen molar-refractivity contribution in [3.05, 3.63) is 92.5 Å². The highest BCUT2D eigenvalue weighted by Gasteiger charge is 2.11. The molecule has 0 unspecified atom stereocenters. The lowest BCUT2D eigenvalue weighted by atomic mass is 10.2. The first-order valence-corrected chi connectivity index (χ1v) is 11.8. The van der Waals surface area contributed by atoms with Crippen molar-refractivity contribution in [2.24, 2.45) is 10.1 Å².